The number of nitrogens with zero attached hydrogens (tertiary/aromatic N) is 4. The van der Waals surface area contributed by atoms with Crippen molar-refractivity contribution < 1.29 is 4.39 Å². The van der Waals surface area contributed by atoms with E-state index in [2.05, 4.69) is 22.1 Å². The molecule has 34 heavy (non-hydrogen) atoms. The number of pyridine rings is 4. The van der Waals surface area contributed by atoms with E-state index in [1.54, 1.807) is 18.5 Å². The van der Waals surface area contributed by atoms with Gasteiger partial charge in [0.1, 0.15) is 0 Å². The van der Waals surface area contributed by atoms with Gasteiger partial charge in [0.25, 0.3) is 0 Å². The fourth-order valence-corrected chi connectivity index (χ4v) is 3.81. The summed E-state index contributed by atoms with van der Waals surface area (Å²) in [6.45, 7) is 2.04. The van der Waals surface area contributed by atoms with Crippen molar-refractivity contribution in [3.8, 4) is 33.6 Å². The Morgan fingerprint density at radius 3 is 2.18 bits per heavy atom. The van der Waals surface area contributed by atoms with Gasteiger partial charge in [-0.25, -0.2) is 4.98 Å². The van der Waals surface area contributed by atoms with Crippen LogP contribution >= 0.6 is 0 Å². The molecule has 0 unspecified atom stereocenters. The smallest absolute Gasteiger partial charge is 0.212 e. The first-order valence-electron chi connectivity index (χ1n) is 10.9. The average Bonchev–Trinajstić information content (AvgIpc) is 2.89. The lowest BCUT2D eigenvalue weighted by molar-refractivity contribution is 0.584. The van der Waals surface area contributed by atoms with Crippen LogP contribution in [0.3, 0.4) is 0 Å². The molecule has 0 amide bonds. The van der Waals surface area contributed by atoms with E-state index in [4.69, 9.17) is 9.97 Å². The van der Waals surface area contributed by atoms with Gasteiger partial charge in [0.05, 0.1) is 11.4 Å². The second-order valence-corrected chi connectivity index (χ2v) is 7.91. The second kappa shape index (κ2) is 9.55. The highest BCUT2D eigenvalue weighted by molar-refractivity contribution is 5.82. The van der Waals surface area contributed by atoms with Crippen molar-refractivity contribution >= 4 is 12.2 Å². The van der Waals surface area contributed by atoms with Crippen molar-refractivity contribution in [1.82, 2.24) is 19.9 Å². The summed E-state index contributed by atoms with van der Waals surface area (Å²) >= 11 is 0. The highest BCUT2D eigenvalue weighted by atomic mass is 19.1. The summed E-state index contributed by atoms with van der Waals surface area (Å²) in [4.78, 5) is 17.5. The largest absolute Gasteiger partial charge is 0.264 e. The zero-order valence-corrected chi connectivity index (χ0v) is 18.6. The third-order valence-electron chi connectivity index (χ3n) is 5.52. The van der Waals surface area contributed by atoms with E-state index >= 15 is 0 Å². The van der Waals surface area contributed by atoms with Gasteiger partial charge in [-0.3, -0.25) is 15.0 Å². The Hall–Kier alpha value is -4.51. The minimum Gasteiger partial charge on any atom is -0.264 e. The summed E-state index contributed by atoms with van der Waals surface area (Å²) in [7, 11) is 0. The molecule has 4 aromatic heterocycles. The third-order valence-corrected chi connectivity index (χ3v) is 5.52. The third kappa shape index (κ3) is 4.64. The van der Waals surface area contributed by atoms with Crippen LogP contribution in [-0.4, -0.2) is 19.9 Å². The molecule has 5 aromatic rings. The van der Waals surface area contributed by atoms with Gasteiger partial charge in [-0.05, 0) is 54.4 Å². The molecule has 0 bridgehead atoms. The number of rotatable bonds is 5. The number of aromatic nitrogens is 4. The summed E-state index contributed by atoms with van der Waals surface area (Å²) in [5.41, 5.74) is 8.33. The molecule has 0 N–H and O–H groups in total. The second-order valence-electron chi connectivity index (χ2n) is 7.91. The predicted molar refractivity (Wildman–Crippen MR) is 134 cm³/mol. The average molecular weight is 445 g/mol. The molecule has 0 aliphatic rings. The van der Waals surface area contributed by atoms with E-state index in [9.17, 15) is 4.39 Å². The maximum absolute atomic E-state index is 13.3. The molecule has 5 heteroatoms. The van der Waals surface area contributed by atoms with E-state index in [0.717, 1.165) is 50.3 Å². The Balaban J connectivity index is 1.59. The Bertz CT molecular complexity index is 1450. The fourth-order valence-electron chi connectivity index (χ4n) is 3.81. The molecule has 0 fully saturated rings. The van der Waals surface area contributed by atoms with Crippen LogP contribution in [0.1, 0.15) is 16.7 Å². The lowest BCUT2D eigenvalue weighted by Crippen LogP contribution is -1.95. The summed E-state index contributed by atoms with van der Waals surface area (Å²) < 4.78 is 13.3. The summed E-state index contributed by atoms with van der Waals surface area (Å²) in [6.07, 6.45) is 12.8. The van der Waals surface area contributed by atoms with Crippen molar-refractivity contribution in [2.24, 2.45) is 0 Å². The molecule has 164 valence electrons. The SMILES string of the molecule is Cc1cc(-c2ncc(-c3ccc(F)nc3)cc2/C=C/c2ccccc2)cnc1-c1cccnc1. The van der Waals surface area contributed by atoms with Crippen LogP contribution in [-0.2, 0) is 0 Å². The van der Waals surface area contributed by atoms with E-state index in [-0.39, 0.29) is 0 Å². The van der Waals surface area contributed by atoms with Crippen molar-refractivity contribution in [2.75, 3.05) is 0 Å². The minimum absolute atomic E-state index is 0.507. The fraction of sp³-hybridized carbons (Fsp3) is 0.0345. The van der Waals surface area contributed by atoms with E-state index in [1.807, 2.05) is 73.9 Å². The van der Waals surface area contributed by atoms with E-state index in [1.165, 1.54) is 12.3 Å². The van der Waals surface area contributed by atoms with Gasteiger partial charge < -0.3 is 0 Å². The van der Waals surface area contributed by atoms with Gasteiger partial charge in [0, 0.05) is 58.8 Å². The van der Waals surface area contributed by atoms with Crippen molar-refractivity contribution in [2.45, 2.75) is 6.92 Å². The molecule has 0 spiro atoms. The van der Waals surface area contributed by atoms with Crippen LogP contribution in [0.5, 0.6) is 0 Å². The highest BCUT2D eigenvalue weighted by Gasteiger charge is 2.12. The van der Waals surface area contributed by atoms with Crippen LogP contribution in [0, 0.1) is 12.9 Å². The first kappa shape index (κ1) is 21.3. The molecule has 0 aliphatic heterocycles. The molecule has 0 saturated heterocycles. The summed E-state index contributed by atoms with van der Waals surface area (Å²) in [6, 6.07) is 21.2. The van der Waals surface area contributed by atoms with Crippen LogP contribution in [0.4, 0.5) is 4.39 Å². The zero-order valence-electron chi connectivity index (χ0n) is 18.6. The Morgan fingerprint density at radius 1 is 0.647 bits per heavy atom. The molecule has 0 radical (unpaired) electrons. The van der Waals surface area contributed by atoms with Gasteiger partial charge in [-0.2, -0.15) is 4.39 Å². The molecular formula is C29H21FN4. The van der Waals surface area contributed by atoms with Crippen LogP contribution < -0.4 is 0 Å². The molecule has 4 nitrogen and oxygen atoms in total. The maximum atomic E-state index is 13.3. The summed E-state index contributed by atoms with van der Waals surface area (Å²) in [5.74, 6) is -0.507. The quantitative estimate of drug-likeness (QED) is 0.277. The minimum atomic E-state index is -0.507. The Labute approximate surface area is 197 Å². The van der Waals surface area contributed by atoms with Crippen molar-refractivity contribution in [3.63, 3.8) is 0 Å². The number of aryl methyl sites for hydroxylation is 1. The molecule has 1 aromatic carbocycles. The first-order valence-corrected chi connectivity index (χ1v) is 10.9. The first-order chi connectivity index (χ1) is 16.7. The lowest BCUT2D eigenvalue weighted by atomic mass is 9.99. The molecule has 5 rings (SSSR count). The van der Waals surface area contributed by atoms with Crippen LogP contribution in [0.25, 0.3) is 45.8 Å². The van der Waals surface area contributed by atoms with Crippen LogP contribution in [0.2, 0.25) is 0 Å². The molecule has 0 atom stereocenters. The maximum Gasteiger partial charge on any atom is 0.212 e. The topological polar surface area (TPSA) is 51.6 Å². The Kier molecular flexibility index (Phi) is 5.99. The van der Waals surface area contributed by atoms with Gasteiger partial charge >= 0.3 is 0 Å². The van der Waals surface area contributed by atoms with Gasteiger partial charge in [0.2, 0.25) is 5.95 Å². The number of halogens is 1. The molecule has 0 aliphatic carbocycles. The Morgan fingerprint density at radius 2 is 1.44 bits per heavy atom. The molecular weight excluding hydrogens is 423 g/mol. The molecule has 4 heterocycles. The number of hydrogen-bond donors (Lipinski definition) is 0. The number of benzene rings is 1. The van der Waals surface area contributed by atoms with Crippen molar-refractivity contribution in [1.29, 1.82) is 0 Å². The predicted octanol–water partition coefficient (Wildman–Crippen LogP) is 6.89. The molecule has 0 saturated carbocycles. The van der Waals surface area contributed by atoms with Crippen molar-refractivity contribution in [3.05, 3.63) is 120 Å². The zero-order chi connectivity index (χ0) is 23.3. The van der Waals surface area contributed by atoms with Gasteiger partial charge in [0.15, 0.2) is 0 Å². The van der Waals surface area contributed by atoms with Gasteiger partial charge in [-0.15, -0.1) is 0 Å². The van der Waals surface area contributed by atoms with E-state index in [0.29, 0.717) is 0 Å². The monoisotopic (exact) mass is 444 g/mol. The highest BCUT2D eigenvalue weighted by Crippen LogP contribution is 2.30. The normalized spacial score (nSPS) is 11.1. The number of hydrogen-bond acceptors (Lipinski definition) is 4. The lowest BCUT2D eigenvalue weighted by Gasteiger charge is -2.11. The van der Waals surface area contributed by atoms with E-state index < -0.39 is 5.95 Å². The summed E-state index contributed by atoms with van der Waals surface area (Å²) in [5, 5.41) is 0. The van der Waals surface area contributed by atoms with Crippen LogP contribution in [0.15, 0.2) is 97.7 Å². The standard InChI is InChI=1S/C29H21FN4/c1-20-14-26(19-33-28(20)24-8-5-13-31-16-24)29-22(10-9-21-6-3-2-4-7-21)15-25(18-34-29)23-11-12-27(30)32-17-23/h2-19H,1H3/b10-9+. The van der Waals surface area contributed by atoms with Gasteiger partial charge in [-0.1, -0.05) is 42.5 Å².